The Morgan fingerprint density at radius 1 is 1.45 bits per heavy atom. The Kier molecular flexibility index (Phi) is 4.01. The van der Waals surface area contributed by atoms with Gasteiger partial charge in [-0.25, -0.2) is 24.8 Å². The van der Waals surface area contributed by atoms with Crippen LogP contribution in [0.5, 0.6) is 5.88 Å². The van der Waals surface area contributed by atoms with E-state index in [0.29, 0.717) is 18.5 Å². The van der Waals surface area contributed by atoms with E-state index in [1.54, 1.807) is 34.8 Å². The van der Waals surface area contributed by atoms with Crippen LogP contribution in [0.25, 0.3) is 6.08 Å². The van der Waals surface area contributed by atoms with Crippen molar-refractivity contribution in [3.63, 3.8) is 0 Å². The average Bonchev–Trinajstić information content (AvgIpc) is 3.08. The zero-order chi connectivity index (χ0) is 20.0. The zero-order valence-corrected chi connectivity index (χ0v) is 16.3. The molecule has 2 aliphatic heterocycles. The first kappa shape index (κ1) is 17.7. The maximum Gasteiger partial charge on any atom is 0.326 e. The van der Waals surface area contributed by atoms with Gasteiger partial charge in [-0.2, -0.15) is 5.10 Å². The number of hydrazone groups is 1. The van der Waals surface area contributed by atoms with E-state index in [9.17, 15) is 9.90 Å². The second-order valence-electron chi connectivity index (χ2n) is 7.09. The van der Waals surface area contributed by atoms with Crippen LogP contribution < -0.4 is 16.3 Å². The van der Waals surface area contributed by atoms with Gasteiger partial charge in [0.05, 0.1) is 18.8 Å². The number of H-pyrrole nitrogens is 2. The van der Waals surface area contributed by atoms with Crippen LogP contribution in [-0.2, 0) is 6.54 Å². The van der Waals surface area contributed by atoms with E-state index in [2.05, 4.69) is 35.7 Å². The van der Waals surface area contributed by atoms with Gasteiger partial charge in [-0.1, -0.05) is 0 Å². The molecule has 29 heavy (non-hydrogen) atoms. The maximum atomic E-state index is 11.5. The van der Waals surface area contributed by atoms with Crippen LogP contribution in [0.2, 0.25) is 0 Å². The minimum Gasteiger partial charge on any atom is -0.493 e. The number of aliphatic imine (C=N–C) groups is 2. The van der Waals surface area contributed by atoms with Gasteiger partial charge in [-0.3, -0.25) is 10.3 Å². The first-order valence-electron chi connectivity index (χ1n) is 9.15. The monoisotopic (exact) mass is 413 g/mol. The lowest BCUT2D eigenvalue weighted by Crippen LogP contribution is -2.68. The van der Waals surface area contributed by atoms with Crippen LogP contribution in [0.1, 0.15) is 30.5 Å². The highest BCUT2D eigenvalue weighted by atomic mass is 32.1. The number of guanidine groups is 2. The van der Waals surface area contributed by atoms with Gasteiger partial charge in [0.15, 0.2) is 5.66 Å². The van der Waals surface area contributed by atoms with Crippen LogP contribution in [0.15, 0.2) is 37.0 Å². The summed E-state index contributed by atoms with van der Waals surface area (Å²) in [6.07, 6.45) is 7.20. The van der Waals surface area contributed by atoms with E-state index < -0.39 is 11.4 Å². The predicted octanol–water partition coefficient (Wildman–Crippen LogP) is 0.533. The third-order valence-electron chi connectivity index (χ3n) is 4.83. The molecule has 2 aromatic rings. The van der Waals surface area contributed by atoms with Crippen LogP contribution in [0, 0.1) is 0 Å². The summed E-state index contributed by atoms with van der Waals surface area (Å²) in [5.74, 6) is 0.941. The van der Waals surface area contributed by atoms with E-state index in [1.807, 2.05) is 12.3 Å². The van der Waals surface area contributed by atoms with E-state index in [1.165, 1.54) is 0 Å². The second kappa shape index (κ2) is 6.58. The normalized spacial score (nSPS) is 27.5. The van der Waals surface area contributed by atoms with Crippen LogP contribution in [-0.4, -0.2) is 54.9 Å². The molecule has 2 fully saturated rings. The topological polar surface area (TPSA) is 146 Å². The van der Waals surface area contributed by atoms with Crippen molar-refractivity contribution in [2.45, 2.75) is 38.0 Å². The number of imidazole rings is 1. The fraction of sp³-hybridized carbons (Fsp3) is 0.353. The Bertz CT molecular complexity index is 1110. The number of aromatic nitrogens is 3. The summed E-state index contributed by atoms with van der Waals surface area (Å²) in [5, 5.41) is 25.6. The molecular weight excluding hydrogens is 394 g/mol. The van der Waals surface area contributed by atoms with E-state index in [0.717, 1.165) is 23.4 Å². The third kappa shape index (κ3) is 3.31. The third-order valence-corrected chi connectivity index (χ3v) is 5.60. The van der Waals surface area contributed by atoms with Crippen molar-refractivity contribution in [2.75, 3.05) is 0 Å². The van der Waals surface area contributed by atoms with Crippen molar-refractivity contribution >= 4 is 35.5 Å². The van der Waals surface area contributed by atoms with Gasteiger partial charge >= 0.3 is 5.69 Å². The second-order valence-corrected chi connectivity index (χ2v) is 8.07. The molecule has 11 nitrogen and oxygen atoms in total. The lowest BCUT2D eigenvalue weighted by atomic mass is 10.0. The molecule has 0 radical (unpaired) electrons. The van der Waals surface area contributed by atoms with Crippen LogP contribution >= 0.6 is 11.3 Å². The largest absolute Gasteiger partial charge is 0.493 e. The summed E-state index contributed by atoms with van der Waals surface area (Å²) in [5.41, 5.74) is -0.260. The molecule has 2 aromatic heterocycles. The number of fused-ring (bicyclic) bond motifs is 1. The zero-order valence-electron chi connectivity index (χ0n) is 15.5. The van der Waals surface area contributed by atoms with E-state index >= 15 is 0 Å². The number of aromatic hydroxyl groups is 1. The van der Waals surface area contributed by atoms with Crippen molar-refractivity contribution in [3.8, 4) is 5.88 Å². The number of rotatable bonds is 4. The first-order chi connectivity index (χ1) is 14.0. The molecular formula is C17H19N9O2S. The number of thiazole rings is 1. The number of aromatic amines is 2. The number of hydrogen-bond acceptors (Lipinski definition) is 7. The van der Waals surface area contributed by atoms with Gasteiger partial charge in [-0.05, 0) is 25.8 Å². The van der Waals surface area contributed by atoms with Gasteiger partial charge in [0.25, 0.3) is 0 Å². The molecule has 5 N–H and O–H groups in total. The molecule has 3 aliphatic rings. The summed E-state index contributed by atoms with van der Waals surface area (Å²) < 4.78 is 0. The number of hydrogen-bond donors (Lipinski definition) is 5. The smallest absolute Gasteiger partial charge is 0.326 e. The van der Waals surface area contributed by atoms with Crippen molar-refractivity contribution in [3.05, 3.63) is 38.3 Å². The molecule has 0 bridgehead atoms. The maximum absolute atomic E-state index is 11.5. The highest BCUT2D eigenvalue weighted by Gasteiger charge is 2.46. The molecule has 5 rings (SSSR count). The van der Waals surface area contributed by atoms with Crippen molar-refractivity contribution in [1.29, 1.82) is 0 Å². The summed E-state index contributed by atoms with van der Waals surface area (Å²) in [6, 6.07) is 0.286. The Morgan fingerprint density at radius 2 is 2.31 bits per heavy atom. The lowest BCUT2D eigenvalue weighted by molar-refractivity contribution is 0.229. The molecule has 12 heteroatoms. The molecule has 1 saturated heterocycles. The number of nitrogens with one attached hydrogen (secondary N) is 4. The molecule has 1 atom stereocenters. The van der Waals surface area contributed by atoms with Crippen LogP contribution in [0.4, 0.5) is 0 Å². The number of nitrogens with zero attached hydrogens (tertiary/aromatic N) is 5. The summed E-state index contributed by atoms with van der Waals surface area (Å²) in [4.78, 5) is 29.9. The minimum absolute atomic E-state index is 0.226. The Hall–Kier alpha value is -3.41. The van der Waals surface area contributed by atoms with Gasteiger partial charge in [0.2, 0.25) is 17.8 Å². The van der Waals surface area contributed by atoms with Gasteiger partial charge in [-0.15, -0.1) is 11.3 Å². The summed E-state index contributed by atoms with van der Waals surface area (Å²) >= 11 is 1.54. The molecule has 0 aromatic carbocycles. The molecule has 1 aliphatic carbocycles. The van der Waals surface area contributed by atoms with Gasteiger partial charge in [0.1, 0.15) is 10.7 Å². The van der Waals surface area contributed by atoms with E-state index in [4.69, 9.17) is 4.99 Å². The van der Waals surface area contributed by atoms with Crippen molar-refractivity contribution in [1.82, 2.24) is 30.6 Å². The summed E-state index contributed by atoms with van der Waals surface area (Å²) in [7, 11) is 0. The van der Waals surface area contributed by atoms with Gasteiger partial charge < -0.3 is 15.4 Å². The molecule has 150 valence electrons. The Morgan fingerprint density at radius 3 is 3.00 bits per heavy atom. The standard InChI is InChI=1S/C17H19N9O2S/c1-17-9(6-11-13(27)23-16(28)22-11)7-20-26(17)15(21-10-2-3-10)24-14(25-17)19-8-12-18-4-5-29-12/h4-7,10,27H,2-3,8H2,1H3,(H2,22,23,28)(H2,19,21,24,25)/b9-6+. The Labute approximate surface area is 169 Å². The van der Waals surface area contributed by atoms with Crippen LogP contribution in [0.3, 0.4) is 0 Å². The van der Waals surface area contributed by atoms with Crippen molar-refractivity contribution < 1.29 is 5.11 Å². The lowest BCUT2D eigenvalue weighted by Gasteiger charge is -2.41. The average molecular weight is 413 g/mol. The fourth-order valence-electron chi connectivity index (χ4n) is 3.14. The molecule has 0 spiro atoms. The summed E-state index contributed by atoms with van der Waals surface area (Å²) in [6.45, 7) is 2.38. The SMILES string of the molecule is CC12NC(=NCc3nccs3)NC(=NC3CC3)N1N=C/C2=C\c1[nH]c(=O)[nH]c1O. The highest BCUT2D eigenvalue weighted by Crippen LogP contribution is 2.32. The molecule has 1 saturated carbocycles. The predicted molar refractivity (Wildman–Crippen MR) is 110 cm³/mol. The van der Waals surface area contributed by atoms with Gasteiger partial charge in [0, 0.05) is 17.2 Å². The minimum atomic E-state index is -0.790. The molecule has 1 unspecified atom stereocenters. The highest BCUT2D eigenvalue weighted by molar-refractivity contribution is 7.09. The Balaban J connectivity index is 1.50. The quantitative estimate of drug-likeness (QED) is 0.494. The van der Waals surface area contributed by atoms with Crippen molar-refractivity contribution in [2.24, 2.45) is 15.1 Å². The van der Waals surface area contributed by atoms with E-state index in [-0.39, 0.29) is 17.6 Å². The fourth-order valence-corrected chi connectivity index (χ4v) is 3.68. The molecule has 0 amide bonds. The first-order valence-corrected chi connectivity index (χ1v) is 10.0. The molecule has 4 heterocycles.